The number of nitrogens with one attached hydrogen (secondary N) is 1. The molecule has 106 valence electrons. The highest BCUT2D eigenvalue weighted by Crippen LogP contribution is 2.29. The molecule has 1 aromatic rings. The van der Waals surface area contributed by atoms with Crippen molar-refractivity contribution in [1.29, 1.82) is 0 Å². The topological polar surface area (TPSA) is 62.5 Å². The van der Waals surface area contributed by atoms with Gasteiger partial charge in [-0.15, -0.1) is 0 Å². The molecular weight excluding hydrogens is 242 g/mol. The normalized spacial score (nSPS) is 23.3. The lowest BCUT2D eigenvalue weighted by molar-refractivity contribution is 0.0908. The standard InChI is InChI=1S/C15H23NO3/c1-10-7-14(11(2)19-10)15(18)16-8-12-5-3-4-6-13(12)9-17/h7,12-13,17H,3-6,8-9H2,1-2H3,(H,16,18). The minimum Gasteiger partial charge on any atom is -0.466 e. The van der Waals surface area contributed by atoms with E-state index < -0.39 is 0 Å². The molecule has 0 radical (unpaired) electrons. The molecular formula is C15H23NO3. The van der Waals surface area contributed by atoms with Crippen molar-refractivity contribution in [3.63, 3.8) is 0 Å². The smallest absolute Gasteiger partial charge is 0.254 e. The van der Waals surface area contributed by atoms with Gasteiger partial charge in [-0.2, -0.15) is 0 Å². The molecule has 2 unspecified atom stereocenters. The Hall–Kier alpha value is -1.29. The Balaban J connectivity index is 1.91. The van der Waals surface area contributed by atoms with Gasteiger partial charge in [0.05, 0.1) is 5.56 Å². The highest BCUT2D eigenvalue weighted by Gasteiger charge is 2.25. The lowest BCUT2D eigenvalue weighted by Crippen LogP contribution is -2.35. The van der Waals surface area contributed by atoms with Gasteiger partial charge in [0.25, 0.3) is 5.91 Å². The van der Waals surface area contributed by atoms with E-state index in [2.05, 4.69) is 5.32 Å². The van der Waals surface area contributed by atoms with Crippen molar-refractivity contribution >= 4 is 5.91 Å². The molecule has 0 aliphatic heterocycles. The first-order chi connectivity index (χ1) is 9.11. The molecule has 0 bridgehead atoms. The van der Waals surface area contributed by atoms with Crippen LogP contribution < -0.4 is 5.32 Å². The summed E-state index contributed by atoms with van der Waals surface area (Å²) in [5, 5.41) is 12.3. The summed E-state index contributed by atoms with van der Waals surface area (Å²) < 4.78 is 5.37. The lowest BCUT2D eigenvalue weighted by Gasteiger charge is -2.30. The molecule has 4 heteroatoms. The molecule has 19 heavy (non-hydrogen) atoms. The van der Waals surface area contributed by atoms with Crippen LogP contribution in [0.5, 0.6) is 0 Å². The van der Waals surface area contributed by atoms with Crippen molar-refractivity contribution in [2.45, 2.75) is 39.5 Å². The second kappa shape index (κ2) is 6.24. The molecule has 1 aliphatic carbocycles. The van der Waals surface area contributed by atoms with E-state index >= 15 is 0 Å². The zero-order valence-electron chi connectivity index (χ0n) is 11.7. The van der Waals surface area contributed by atoms with Gasteiger partial charge in [0, 0.05) is 13.2 Å². The fourth-order valence-corrected chi connectivity index (χ4v) is 2.97. The van der Waals surface area contributed by atoms with Gasteiger partial charge in [-0.05, 0) is 44.6 Å². The number of amides is 1. The number of hydrogen-bond acceptors (Lipinski definition) is 3. The Morgan fingerprint density at radius 2 is 2.05 bits per heavy atom. The van der Waals surface area contributed by atoms with Gasteiger partial charge in [0.15, 0.2) is 0 Å². The van der Waals surface area contributed by atoms with Gasteiger partial charge in [-0.25, -0.2) is 0 Å². The molecule has 4 nitrogen and oxygen atoms in total. The van der Waals surface area contributed by atoms with Crippen LogP contribution in [-0.4, -0.2) is 24.2 Å². The zero-order chi connectivity index (χ0) is 13.8. The fourth-order valence-electron chi connectivity index (χ4n) is 2.97. The maximum Gasteiger partial charge on any atom is 0.254 e. The third-order valence-corrected chi connectivity index (χ3v) is 4.11. The monoisotopic (exact) mass is 265 g/mol. The van der Waals surface area contributed by atoms with E-state index in [-0.39, 0.29) is 12.5 Å². The summed E-state index contributed by atoms with van der Waals surface area (Å²) in [6.07, 6.45) is 4.55. The van der Waals surface area contributed by atoms with Crippen LogP contribution in [0.15, 0.2) is 10.5 Å². The predicted molar refractivity (Wildman–Crippen MR) is 73.0 cm³/mol. The average molecular weight is 265 g/mol. The number of hydrogen-bond donors (Lipinski definition) is 2. The molecule has 1 saturated carbocycles. The Bertz CT molecular complexity index is 439. The molecule has 0 spiro atoms. The van der Waals surface area contributed by atoms with E-state index in [1.54, 1.807) is 13.0 Å². The van der Waals surface area contributed by atoms with E-state index in [9.17, 15) is 9.90 Å². The van der Waals surface area contributed by atoms with Crippen molar-refractivity contribution in [1.82, 2.24) is 5.32 Å². The summed E-state index contributed by atoms with van der Waals surface area (Å²) >= 11 is 0. The van der Waals surface area contributed by atoms with E-state index in [0.717, 1.165) is 18.6 Å². The quantitative estimate of drug-likeness (QED) is 0.879. The average Bonchev–Trinajstić information content (AvgIpc) is 2.75. The van der Waals surface area contributed by atoms with Crippen LogP contribution in [0.4, 0.5) is 0 Å². The van der Waals surface area contributed by atoms with Gasteiger partial charge in [-0.1, -0.05) is 12.8 Å². The van der Waals surface area contributed by atoms with Crippen LogP contribution >= 0.6 is 0 Å². The van der Waals surface area contributed by atoms with Gasteiger partial charge < -0.3 is 14.8 Å². The second-order valence-electron chi connectivity index (χ2n) is 5.52. The molecule has 0 aromatic carbocycles. The zero-order valence-corrected chi connectivity index (χ0v) is 11.7. The maximum atomic E-state index is 12.1. The maximum absolute atomic E-state index is 12.1. The summed E-state index contributed by atoms with van der Waals surface area (Å²) in [4.78, 5) is 12.1. The van der Waals surface area contributed by atoms with Crippen molar-refractivity contribution in [2.75, 3.05) is 13.2 Å². The highest BCUT2D eigenvalue weighted by atomic mass is 16.3. The Morgan fingerprint density at radius 3 is 2.63 bits per heavy atom. The Kier molecular flexibility index (Phi) is 4.64. The van der Waals surface area contributed by atoms with Gasteiger partial charge >= 0.3 is 0 Å². The minimum atomic E-state index is -0.0726. The summed E-state index contributed by atoms with van der Waals surface area (Å²) in [5.74, 6) is 2.08. The van der Waals surface area contributed by atoms with E-state index in [0.29, 0.717) is 29.7 Å². The first-order valence-electron chi connectivity index (χ1n) is 7.08. The van der Waals surface area contributed by atoms with Crippen LogP contribution in [-0.2, 0) is 0 Å². The number of furan rings is 1. The van der Waals surface area contributed by atoms with E-state index in [1.807, 2.05) is 6.92 Å². The van der Waals surface area contributed by atoms with Gasteiger partial charge in [0.2, 0.25) is 0 Å². The fraction of sp³-hybridized carbons (Fsp3) is 0.667. The highest BCUT2D eigenvalue weighted by molar-refractivity contribution is 5.95. The third kappa shape index (κ3) is 3.38. The molecule has 1 heterocycles. The molecule has 1 amide bonds. The molecule has 1 aliphatic rings. The first kappa shape index (κ1) is 14.1. The van der Waals surface area contributed by atoms with Crippen molar-refractivity contribution in [2.24, 2.45) is 11.8 Å². The molecule has 0 saturated heterocycles. The Labute approximate surface area is 114 Å². The van der Waals surface area contributed by atoms with Crippen LogP contribution in [0.3, 0.4) is 0 Å². The van der Waals surface area contributed by atoms with E-state index in [1.165, 1.54) is 12.8 Å². The summed E-state index contributed by atoms with van der Waals surface area (Å²) in [6.45, 7) is 4.52. The van der Waals surface area contributed by atoms with Crippen LogP contribution in [0.25, 0.3) is 0 Å². The molecule has 1 aromatic heterocycles. The SMILES string of the molecule is Cc1cc(C(=O)NCC2CCCCC2CO)c(C)o1. The van der Waals surface area contributed by atoms with Gasteiger partial charge in [-0.3, -0.25) is 4.79 Å². The number of aryl methyl sites for hydroxylation is 2. The number of rotatable bonds is 4. The molecule has 2 atom stereocenters. The molecule has 2 N–H and O–H groups in total. The predicted octanol–water partition coefficient (Wildman–Crippen LogP) is 2.42. The second-order valence-corrected chi connectivity index (χ2v) is 5.52. The number of aliphatic hydroxyl groups excluding tert-OH is 1. The van der Waals surface area contributed by atoms with Gasteiger partial charge in [0.1, 0.15) is 11.5 Å². The molecule has 1 fully saturated rings. The van der Waals surface area contributed by atoms with Crippen LogP contribution in [0, 0.1) is 25.7 Å². The van der Waals surface area contributed by atoms with Crippen LogP contribution in [0.1, 0.15) is 47.6 Å². The number of carbonyl (C=O) groups is 1. The Morgan fingerprint density at radius 1 is 1.37 bits per heavy atom. The van der Waals surface area contributed by atoms with Crippen molar-refractivity contribution < 1.29 is 14.3 Å². The summed E-state index contributed by atoms with van der Waals surface area (Å²) in [7, 11) is 0. The summed E-state index contributed by atoms with van der Waals surface area (Å²) in [6, 6.07) is 1.77. The number of aliphatic hydroxyl groups is 1. The molecule has 2 rings (SSSR count). The largest absolute Gasteiger partial charge is 0.466 e. The van der Waals surface area contributed by atoms with E-state index in [4.69, 9.17) is 4.42 Å². The lowest BCUT2D eigenvalue weighted by atomic mass is 9.79. The van der Waals surface area contributed by atoms with Crippen LogP contribution in [0.2, 0.25) is 0 Å². The van der Waals surface area contributed by atoms with Crippen molar-refractivity contribution in [3.8, 4) is 0 Å². The van der Waals surface area contributed by atoms with Crippen molar-refractivity contribution in [3.05, 3.63) is 23.2 Å². The third-order valence-electron chi connectivity index (χ3n) is 4.11. The number of carbonyl (C=O) groups excluding carboxylic acids is 1. The first-order valence-corrected chi connectivity index (χ1v) is 7.08. The minimum absolute atomic E-state index is 0.0726. The summed E-state index contributed by atoms with van der Waals surface area (Å²) in [5.41, 5.74) is 0.619.